The van der Waals surface area contributed by atoms with Crippen molar-refractivity contribution in [2.45, 2.75) is 32.4 Å². The van der Waals surface area contributed by atoms with E-state index in [2.05, 4.69) is 71.5 Å². The fraction of sp³-hybridized carbons (Fsp3) is 0.333. The first kappa shape index (κ1) is 14.6. The van der Waals surface area contributed by atoms with Crippen molar-refractivity contribution in [3.05, 3.63) is 63.1 Å². The summed E-state index contributed by atoms with van der Waals surface area (Å²) in [6, 6.07) is 13.2. The van der Waals surface area contributed by atoms with E-state index in [1.807, 2.05) is 7.05 Å². The Balaban J connectivity index is 1.97. The van der Waals surface area contributed by atoms with Gasteiger partial charge in [0.05, 0.1) is 0 Å². The third-order valence-corrected chi connectivity index (χ3v) is 4.81. The predicted octanol–water partition coefficient (Wildman–Crippen LogP) is 4.85. The van der Waals surface area contributed by atoms with Crippen LogP contribution in [-0.2, 0) is 0 Å². The van der Waals surface area contributed by atoms with Gasteiger partial charge in [0.25, 0.3) is 0 Å². The highest BCUT2D eigenvalue weighted by atomic mass is 79.9. The molecule has 0 spiro atoms. The summed E-state index contributed by atoms with van der Waals surface area (Å²) in [5.74, 6) is 0.971. The van der Waals surface area contributed by atoms with E-state index in [0.29, 0.717) is 6.04 Å². The minimum atomic E-state index is 0.101. The average molecular weight is 346 g/mol. The quantitative estimate of drug-likeness (QED) is 0.839. The van der Waals surface area contributed by atoms with Gasteiger partial charge in [-0.1, -0.05) is 40.2 Å². The minimum Gasteiger partial charge on any atom is -0.485 e. The van der Waals surface area contributed by atoms with Crippen LogP contribution >= 0.6 is 15.9 Å². The largest absolute Gasteiger partial charge is 0.485 e. The highest BCUT2D eigenvalue weighted by molar-refractivity contribution is 9.10. The Morgan fingerprint density at radius 1 is 1.10 bits per heavy atom. The summed E-state index contributed by atoms with van der Waals surface area (Å²) >= 11 is 3.53. The maximum absolute atomic E-state index is 6.26. The summed E-state index contributed by atoms with van der Waals surface area (Å²) < 4.78 is 7.31. The molecule has 3 heteroatoms. The van der Waals surface area contributed by atoms with Crippen molar-refractivity contribution in [2.24, 2.45) is 0 Å². The molecule has 2 atom stereocenters. The highest BCUT2D eigenvalue weighted by Gasteiger charge is 2.28. The van der Waals surface area contributed by atoms with Crippen LogP contribution in [-0.4, -0.2) is 7.05 Å². The number of aryl methyl sites for hydroxylation is 2. The Labute approximate surface area is 134 Å². The standard InChI is InChI=1S/C18H20BrNO/c1-11-4-5-13(8-12(11)2)17-10-16(20-3)15-7-6-14(19)9-18(15)21-17/h4-9,16-17,20H,10H2,1-3H3. The van der Waals surface area contributed by atoms with E-state index in [0.717, 1.165) is 16.6 Å². The second kappa shape index (κ2) is 5.82. The van der Waals surface area contributed by atoms with Gasteiger partial charge in [0.2, 0.25) is 0 Å². The first-order valence-electron chi connectivity index (χ1n) is 7.29. The van der Waals surface area contributed by atoms with Gasteiger partial charge in [-0.3, -0.25) is 0 Å². The Morgan fingerprint density at radius 2 is 1.90 bits per heavy atom. The summed E-state index contributed by atoms with van der Waals surface area (Å²) in [5.41, 5.74) is 5.13. The third kappa shape index (κ3) is 2.85. The summed E-state index contributed by atoms with van der Waals surface area (Å²) in [6.45, 7) is 4.30. The van der Waals surface area contributed by atoms with Crippen LogP contribution in [0, 0.1) is 13.8 Å². The molecular weight excluding hydrogens is 326 g/mol. The molecule has 1 heterocycles. The molecule has 0 bridgehead atoms. The summed E-state index contributed by atoms with van der Waals surface area (Å²) in [6.07, 6.45) is 1.05. The normalized spacial score (nSPS) is 20.8. The predicted molar refractivity (Wildman–Crippen MR) is 89.8 cm³/mol. The lowest BCUT2D eigenvalue weighted by Gasteiger charge is -2.32. The second-order valence-corrected chi connectivity index (χ2v) is 6.62. The molecule has 110 valence electrons. The van der Waals surface area contributed by atoms with Gasteiger partial charge in [0.1, 0.15) is 11.9 Å². The van der Waals surface area contributed by atoms with Crippen LogP contribution in [0.15, 0.2) is 40.9 Å². The van der Waals surface area contributed by atoms with Crippen molar-refractivity contribution in [1.82, 2.24) is 5.32 Å². The summed E-state index contributed by atoms with van der Waals surface area (Å²) in [7, 11) is 2.01. The van der Waals surface area contributed by atoms with Gasteiger partial charge in [-0.15, -0.1) is 0 Å². The van der Waals surface area contributed by atoms with Gasteiger partial charge < -0.3 is 10.1 Å². The zero-order valence-electron chi connectivity index (χ0n) is 12.6. The van der Waals surface area contributed by atoms with Crippen LogP contribution in [0.2, 0.25) is 0 Å². The Bertz CT molecular complexity index is 668. The van der Waals surface area contributed by atoms with E-state index in [1.54, 1.807) is 0 Å². The number of halogens is 1. The SMILES string of the molecule is CNC1CC(c2ccc(C)c(C)c2)Oc2cc(Br)ccc21. The topological polar surface area (TPSA) is 21.3 Å². The van der Waals surface area contributed by atoms with Crippen LogP contribution in [0.25, 0.3) is 0 Å². The molecule has 0 amide bonds. The Kier molecular flexibility index (Phi) is 4.05. The number of fused-ring (bicyclic) bond motifs is 1. The Hall–Kier alpha value is -1.32. The van der Waals surface area contributed by atoms with Crippen molar-refractivity contribution < 1.29 is 4.74 Å². The minimum absolute atomic E-state index is 0.101. The van der Waals surface area contributed by atoms with Crippen molar-refractivity contribution in [3.63, 3.8) is 0 Å². The zero-order chi connectivity index (χ0) is 15.0. The molecular formula is C18H20BrNO. The van der Waals surface area contributed by atoms with Gasteiger partial charge in [-0.05, 0) is 49.7 Å². The molecule has 0 saturated carbocycles. The van der Waals surface area contributed by atoms with Crippen LogP contribution in [0.4, 0.5) is 0 Å². The maximum atomic E-state index is 6.26. The smallest absolute Gasteiger partial charge is 0.126 e. The fourth-order valence-electron chi connectivity index (χ4n) is 2.88. The average Bonchev–Trinajstić information content (AvgIpc) is 2.48. The third-order valence-electron chi connectivity index (χ3n) is 4.32. The molecule has 0 radical (unpaired) electrons. The van der Waals surface area contributed by atoms with E-state index in [9.17, 15) is 0 Å². The first-order valence-corrected chi connectivity index (χ1v) is 8.08. The van der Waals surface area contributed by atoms with Gasteiger partial charge in [-0.25, -0.2) is 0 Å². The van der Waals surface area contributed by atoms with E-state index in [4.69, 9.17) is 4.74 Å². The molecule has 0 aromatic heterocycles. The molecule has 2 unspecified atom stereocenters. The van der Waals surface area contributed by atoms with E-state index in [1.165, 1.54) is 22.3 Å². The lowest BCUT2D eigenvalue weighted by atomic mass is 9.92. The number of rotatable bonds is 2. The highest BCUT2D eigenvalue weighted by Crippen LogP contribution is 2.41. The maximum Gasteiger partial charge on any atom is 0.126 e. The molecule has 1 aliphatic heterocycles. The molecule has 1 aliphatic rings. The molecule has 3 rings (SSSR count). The molecule has 0 fully saturated rings. The fourth-order valence-corrected chi connectivity index (χ4v) is 3.22. The molecule has 1 N–H and O–H groups in total. The second-order valence-electron chi connectivity index (χ2n) is 5.71. The van der Waals surface area contributed by atoms with Crippen LogP contribution in [0.3, 0.4) is 0 Å². The van der Waals surface area contributed by atoms with Gasteiger partial charge in [0, 0.05) is 22.5 Å². The number of benzene rings is 2. The lowest BCUT2D eigenvalue weighted by molar-refractivity contribution is 0.153. The van der Waals surface area contributed by atoms with E-state index in [-0.39, 0.29) is 6.10 Å². The van der Waals surface area contributed by atoms with E-state index < -0.39 is 0 Å². The molecule has 2 aromatic rings. The first-order chi connectivity index (χ1) is 10.1. The van der Waals surface area contributed by atoms with Gasteiger partial charge in [-0.2, -0.15) is 0 Å². The van der Waals surface area contributed by atoms with Crippen molar-refractivity contribution >= 4 is 15.9 Å². The number of ether oxygens (including phenoxy) is 1. The van der Waals surface area contributed by atoms with Crippen LogP contribution in [0.5, 0.6) is 5.75 Å². The molecule has 0 saturated heterocycles. The molecule has 2 aromatic carbocycles. The van der Waals surface area contributed by atoms with Crippen molar-refractivity contribution in [3.8, 4) is 5.75 Å². The number of hydrogen-bond acceptors (Lipinski definition) is 2. The Morgan fingerprint density at radius 3 is 2.62 bits per heavy atom. The number of nitrogens with one attached hydrogen (secondary N) is 1. The molecule has 0 aliphatic carbocycles. The molecule has 2 nitrogen and oxygen atoms in total. The monoisotopic (exact) mass is 345 g/mol. The van der Waals surface area contributed by atoms with Gasteiger partial charge >= 0.3 is 0 Å². The van der Waals surface area contributed by atoms with Crippen molar-refractivity contribution in [2.75, 3.05) is 7.05 Å². The van der Waals surface area contributed by atoms with Crippen molar-refractivity contribution in [1.29, 1.82) is 0 Å². The van der Waals surface area contributed by atoms with Crippen LogP contribution in [0.1, 0.15) is 40.8 Å². The number of hydrogen-bond donors (Lipinski definition) is 1. The lowest BCUT2D eigenvalue weighted by Crippen LogP contribution is -2.26. The van der Waals surface area contributed by atoms with Crippen LogP contribution < -0.4 is 10.1 Å². The summed E-state index contributed by atoms with van der Waals surface area (Å²) in [5, 5.41) is 3.41. The summed E-state index contributed by atoms with van der Waals surface area (Å²) in [4.78, 5) is 0. The zero-order valence-corrected chi connectivity index (χ0v) is 14.2. The molecule has 21 heavy (non-hydrogen) atoms. The van der Waals surface area contributed by atoms with Gasteiger partial charge in [0.15, 0.2) is 0 Å². The van der Waals surface area contributed by atoms with E-state index >= 15 is 0 Å².